The smallest absolute Gasteiger partial charge is 0.253 e. The minimum Gasteiger partial charge on any atom is -0.349 e. The number of hydrogen-bond donors (Lipinski definition) is 1. The summed E-state index contributed by atoms with van der Waals surface area (Å²) < 4.78 is 0. The average molecular weight is 230 g/mol. The molecule has 0 bridgehead atoms. The van der Waals surface area contributed by atoms with Crippen LogP contribution in [0.5, 0.6) is 0 Å². The highest BCUT2D eigenvalue weighted by atomic mass is 16.1. The first kappa shape index (κ1) is 13.2. The topological polar surface area (TPSA) is 42.0 Å². The summed E-state index contributed by atoms with van der Waals surface area (Å²) in [6.07, 6.45) is 10.3. The Hall–Kier alpha value is -1.90. The predicted octanol–water partition coefficient (Wildman–Crippen LogP) is 2.72. The Morgan fingerprint density at radius 3 is 2.94 bits per heavy atom. The highest BCUT2D eigenvalue weighted by molar-refractivity contribution is 5.93. The molecule has 0 spiro atoms. The zero-order valence-electron chi connectivity index (χ0n) is 10.3. The monoisotopic (exact) mass is 230 g/mol. The van der Waals surface area contributed by atoms with Gasteiger partial charge in [-0.15, -0.1) is 0 Å². The zero-order chi connectivity index (χ0) is 12.5. The van der Waals surface area contributed by atoms with Crippen LogP contribution in [-0.2, 0) is 0 Å². The van der Waals surface area contributed by atoms with Gasteiger partial charge in [0, 0.05) is 18.9 Å². The molecule has 3 heteroatoms. The first-order chi connectivity index (χ1) is 8.27. The third-order valence-electron chi connectivity index (χ3n) is 2.42. The van der Waals surface area contributed by atoms with E-state index in [9.17, 15) is 4.79 Å². The minimum absolute atomic E-state index is 0.0960. The molecular formula is C14H18N2O. The van der Waals surface area contributed by atoms with Gasteiger partial charge in [-0.2, -0.15) is 0 Å². The third kappa shape index (κ3) is 4.64. The molecule has 1 aromatic rings. The number of rotatable bonds is 5. The second kappa shape index (κ2) is 7.39. The summed E-state index contributed by atoms with van der Waals surface area (Å²) in [5.74, 6) is -0.0960. The van der Waals surface area contributed by atoms with Crippen LogP contribution in [0.1, 0.15) is 30.6 Å². The van der Waals surface area contributed by atoms with Gasteiger partial charge in [0.25, 0.3) is 5.91 Å². The molecule has 0 saturated heterocycles. The first-order valence-corrected chi connectivity index (χ1v) is 5.78. The SMILES string of the molecule is CC=C(C=CCNC(=O)c1cccnc1)CC. The van der Waals surface area contributed by atoms with E-state index < -0.39 is 0 Å². The van der Waals surface area contributed by atoms with Crippen LogP contribution in [0.2, 0.25) is 0 Å². The maximum absolute atomic E-state index is 11.6. The normalized spacial score (nSPS) is 11.8. The van der Waals surface area contributed by atoms with E-state index in [-0.39, 0.29) is 5.91 Å². The van der Waals surface area contributed by atoms with Crippen molar-refractivity contribution in [1.29, 1.82) is 0 Å². The number of pyridine rings is 1. The first-order valence-electron chi connectivity index (χ1n) is 5.78. The lowest BCUT2D eigenvalue weighted by atomic mass is 10.2. The van der Waals surface area contributed by atoms with Gasteiger partial charge in [0.15, 0.2) is 0 Å². The zero-order valence-corrected chi connectivity index (χ0v) is 10.3. The Morgan fingerprint density at radius 2 is 2.35 bits per heavy atom. The fourth-order valence-electron chi connectivity index (χ4n) is 1.38. The van der Waals surface area contributed by atoms with E-state index in [0.717, 1.165) is 6.42 Å². The van der Waals surface area contributed by atoms with Crippen molar-refractivity contribution in [3.05, 3.63) is 53.9 Å². The van der Waals surface area contributed by atoms with Gasteiger partial charge in [-0.25, -0.2) is 0 Å². The van der Waals surface area contributed by atoms with Crippen LogP contribution in [0, 0.1) is 0 Å². The van der Waals surface area contributed by atoms with Crippen LogP contribution in [0.15, 0.2) is 48.3 Å². The van der Waals surface area contributed by atoms with Crippen LogP contribution in [0.4, 0.5) is 0 Å². The summed E-state index contributed by atoms with van der Waals surface area (Å²) in [7, 11) is 0. The van der Waals surface area contributed by atoms with E-state index in [1.54, 1.807) is 24.5 Å². The summed E-state index contributed by atoms with van der Waals surface area (Å²) in [4.78, 5) is 15.5. The molecule has 0 aromatic carbocycles. The van der Waals surface area contributed by atoms with Crippen molar-refractivity contribution >= 4 is 5.91 Å². The highest BCUT2D eigenvalue weighted by Crippen LogP contribution is 2.01. The van der Waals surface area contributed by atoms with E-state index in [0.29, 0.717) is 12.1 Å². The number of carbonyl (C=O) groups excluding carboxylic acids is 1. The van der Waals surface area contributed by atoms with Crippen LogP contribution < -0.4 is 5.32 Å². The van der Waals surface area contributed by atoms with Gasteiger partial charge < -0.3 is 5.32 Å². The lowest BCUT2D eigenvalue weighted by molar-refractivity contribution is 0.0957. The number of amides is 1. The molecule has 0 aliphatic heterocycles. The third-order valence-corrected chi connectivity index (χ3v) is 2.42. The Bertz CT molecular complexity index is 407. The molecule has 1 N–H and O–H groups in total. The Morgan fingerprint density at radius 1 is 1.53 bits per heavy atom. The van der Waals surface area contributed by atoms with Gasteiger partial charge in [0.1, 0.15) is 0 Å². The van der Waals surface area contributed by atoms with Crippen LogP contribution in [0.25, 0.3) is 0 Å². The summed E-state index contributed by atoms with van der Waals surface area (Å²) in [6.45, 7) is 4.65. The van der Waals surface area contributed by atoms with Gasteiger partial charge in [-0.05, 0) is 25.5 Å². The number of nitrogens with zero attached hydrogens (tertiary/aromatic N) is 1. The molecule has 1 aromatic heterocycles. The van der Waals surface area contributed by atoms with Crippen molar-refractivity contribution in [1.82, 2.24) is 10.3 Å². The maximum atomic E-state index is 11.6. The maximum Gasteiger partial charge on any atom is 0.253 e. The molecule has 0 atom stereocenters. The molecule has 0 aliphatic carbocycles. The number of carbonyl (C=O) groups is 1. The lowest BCUT2D eigenvalue weighted by Gasteiger charge is -2.01. The van der Waals surface area contributed by atoms with Crippen molar-refractivity contribution in [3.8, 4) is 0 Å². The molecule has 0 radical (unpaired) electrons. The van der Waals surface area contributed by atoms with E-state index >= 15 is 0 Å². The fraction of sp³-hybridized carbons (Fsp3) is 0.286. The number of aromatic nitrogens is 1. The molecule has 0 saturated carbocycles. The lowest BCUT2D eigenvalue weighted by Crippen LogP contribution is -2.23. The van der Waals surface area contributed by atoms with Crippen LogP contribution in [0.3, 0.4) is 0 Å². The molecule has 0 unspecified atom stereocenters. The summed E-state index contributed by atoms with van der Waals surface area (Å²) in [5, 5.41) is 2.81. The van der Waals surface area contributed by atoms with Crippen LogP contribution >= 0.6 is 0 Å². The number of allylic oxidation sites excluding steroid dienone is 3. The molecule has 1 heterocycles. The van der Waals surface area contributed by atoms with Gasteiger partial charge in [0.05, 0.1) is 5.56 Å². The van der Waals surface area contributed by atoms with Crippen molar-refractivity contribution in [3.63, 3.8) is 0 Å². The minimum atomic E-state index is -0.0960. The van der Waals surface area contributed by atoms with E-state index in [4.69, 9.17) is 0 Å². The van der Waals surface area contributed by atoms with Crippen molar-refractivity contribution < 1.29 is 4.79 Å². The second-order valence-electron chi connectivity index (χ2n) is 3.57. The molecule has 0 aliphatic rings. The fourth-order valence-corrected chi connectivity index (χ4v) is 1.38. The summed E-state index contributed by atoms with van der Waals surface area (Å²) >= 11 is 0. The molecule has 1 rings (SSSR count). The largest absolute Gasteiger partial charge is 0.349 e. The molecule has 0 fully saturated rings. The van der Waals surface area contributed by atoms with Gasteiger partial charge in [-0.3, -0.25) is 9.78 Å². The number of hydrogen-bond acceptors (Lipinski definition) is 2. The standard InChI is InChI=1S/C14H18N2O/c1-3-12(4-2)7-5-10-16-14(17)13-8-6-9-15-11-13/h3,5-9,11H,4,10H2,1-2H3,(H,16,17). The predicted molar refractivity (Wildman–Crippen MR) is 69.8 cm³/mol. The van der Waals surface area contributed by atoms with Crippen molar-refractivity contribution in [2.75, 3.05) is 6.54 Å². The van der Waals surface area contributed by atoms with E-state index in [1.807, 2.05) is 19.1 Å². The van der Waals surface area contributed by atoms with Crippen molar-refractivity contribution in [2.24, 2.45) is 0 Å². The number of nitrogens with one attached hydrogen (secondary N) is 1. The Labute approximate surface area is 102 Å². The molecule has 1 amide bonds. The summed E-state index contributed by atoms with van der Waals surface area (Å²) in [5.41, 5.74) is 1.85. The molecule has 17 heavy (non-hydrogen) atoms. The van der Waals surface area contributed by atoms with E-state index in [2.05, 4.69) is 23.3 Å². The Kier molecular flexibility index (Phi) is 5.72. The van der Waals surface area contributed by atoms with E-state index in [1.165, 1.54) is 5.57 Å². The van der Waals surface area contributed by atoms with Gasteiger partial charge >= 0.3 is 0 Å². The summed E-state index contributed by atoms with van der Waals surface area (Å²) in [6, 6.07) is 3.50. The molecule has 3 nitrogen and oxygen atoms in total. The van der Waals surface area contributed by atoms with Crippen LogP contribution in [-0.4, -0.2) is 17.4 Å². The average Bonchev–Trinajstić information content (AvgIpc) is 2.40. The quantitative estimate of drug-likeness (QED) is 0.790. The Balaban J connectivity index is 2.40. The second-order valence-corrected chi connectivity index (χ2v) is 3.57. The molecule has 90 valence electrons. The van der Waals surface area contributed by atoms with Gasteiger partial charge in [0.2, 0.25) is 0 Å². The van der Waals surface area contributed by atoms with Gasteiger partial charge in [-0.1, -0.05) is 30.7 Å². The van der Waals surface area contributed by atoms with Crippen molar-refractivity contribution in [2.45, 2.75) is 20.3 Å². The highest BCUT2D eigenvalue weighted by Gasteiger charge is 2.01. The molecular weight excluding hydrogens is 212 g/mol.